The van der Waals surface area contributed by atoms with E-state index in [4.69, 9.17) is 46.9 Å². The summed E-state index contributed by atoms with van der Waals surface area (Å²) in [6.07, 6.45) is 5.83. The summed E-state index contributed by atoms with van der Waals surface area (Å²) < 4.78 is 65.8. The second kappa shape index (κ2) is 34.1. The van der Waals surface area contributed by atoms with E-state index in [1.807, 2.05) is 64.1 Å². The Balaban J connectivity index is 0.000000211. The predicted molar refractivity (Wildman–Crippen MR) is 343 cm³/mol. The normalized spacial score (nSPS) is 11.9. The second-order valence-corrected chi connectivity index (χ2v) is 21.6. The third kappa shape index (κ3) is 23.0. The molecule has 21 nitrogen and oxygen atoms in total. The van der Waals surface area contributed by atoms with Gasteiger partial charge in [-0.15, -0.1) is 0 Å². The molecule has 93 heavy (non-hydrogen) atoms. The number of carbonyl (C=O) groups is 2. The van der Waals surface area contributed by atoms with Crippen LogP contribution in [0.2, 0.25) is 0 Å². The van der Waals surface area contributed by atoms with Crippen molar-refractivity contribution in [3.63, 3.8) is 0 Å². The van der Waals surface area contributed by atoms with Crippen LogP contribution < -0.4 is 33.4 Å². The minimum Gasteiger partial charge on any atom is -0.476 e. The SMILES string of the molecule is CC1(C)OB(c2ccc(N)nc2)OC1(C)C.CCn1nc(C(=O)Nc2ccc(Cc3cc(F)cc(C#N)c3)cn2)ccc1=O.Cc1cc(F)cc(C#N)c1.Cn1nc(C(=O)O)ccc1=O.N#Cc1cc(F)cc(CBr)c1.N#Cc1cc(F)cc(Cc2ccc(N)nc2)c1. The van der Waals surface area contributed by atoms with Crippen molar-refractivity contribution in [3.8, 4) is 24.3 Å². The van der Waals surface area contributed by atoms with Gasteiger partial charge in [0.2, 0.25) is 0 Å². The zero-order valence-electron chi connectivity index (χ0n) is 51.2. The van der Waals surface area contributed by atoms with Crippen LogP contribution in [0.15, 0.2) is 162 Å². The molecule has 9 aromatic rings. The predicted octanol–water partition coefficient (Wildman–Crippen LogP) is 9.82. The number of benzene rings is 4. The quantitative estimate of drug-likeness (QED) is 0.0562. The fourth-order valence-corrected chi connectivity index (χ4v) is 8.29. The van der Waals surface area contributed by atoms with Crippen molar-refractivity contribution in [1.29, 1.82) is 21.0 Å². The molecule has 0 aliphatic carbocycles. The lowest BCUT2D eigenvalue weighted by Crippen LogP contribution is -2.41. The third-order valence-corrected chi connectivity index (χ3v) is 13.9. The molecule has 1 saturated heterocycles. The fraction of sp³-hybridized carbons (Fsp3) is 0.197. The molecule has 6 N–H and O–H groups in total. The van der Waals surface area contributed by atoms with Crippen LogP contribution in [0.1, 0.15) is 111 Å². The van der Waals surface area contributed by atoms with Crippen LogP contribution in [0.4, 0.5) is 35.0 Å². The summed E-state index contributed by atoms with van der Waals surface area (Å²) in [7, 11) is 1.03. The Hall–Kier alpha value is -11.2. The molecule has 0 saturated carbocycles. The number of halogens is 5. The first-order valence-electron chi connectivity index (χ1n) is 27.8. The standard InChI is InChI=1S/C20H16FN5O2.C13H10FN3.C11H17BN2O2.C8H5BrFN.C8H6FN.C6H6N2O3/c1-2-26-19(27)6-4-17(25-26)20(28)24-18-5-3-13(12-23-18)7-14-8-15(11-22)10-16(21)9-14;14-12-5-10(4-11(6-12)7-15)3-9-1-2-13(16)17-8-9;1-10(2)11(3,4)16-12(15-10)8-5-6-9(13)14-7-8;9-4-6-1-7(5-11)3-8(10)2-6;1-6-2-7(5-10)4-8(9)3-6;1-8-5(9)3-2-4(7-8)6(10)11/h3-6,8-10,12H,2,7H2,1H3,(H,23,24,28);1-2,4-6,8H,3H2,(H2,16,17);5-7H,1-4H3,(H2,13,14);1-3H,4H2;2-4H,1H3;2-3H,1H3,(H,10,11). The molecule has 0 bridgehead atoms. The second-order valence-electron chi connectivity index (χ2n) is 21.1. The van der Waals surface area contributed by atoms with Gasteiger partial charge in [-0.05, 0) is 191 Å². The van der Waals surface area contributed by atoms with E-state index in [0.717, 1.165) is 44.0 Å². The number of carboxylic acids is 1. The molecular formula is C66H60BBrF4N14O7. The number of nitrogens with one attached hydrogen (secondary N) is 1. The van der Waals surface area contributed by atoms with E-state index in [1.165, 1.54) is 78.5 Å². The largest absolute Gasteiger partial charge is 0.496 e. The zero-order valence-corrected chi connectivity index (χ0v) is 52.8. The first-order chi connectivity index (χ1) is 44.1. The minimum atomic E-state index is -1.14. The van der Waals surface area contributed by atoms with Gasteiger partial charge in [-0.1, -0.05) is 34.1 Å². The molecule has 474 valence electrons. The Bertz CT molecular complexity index is 4360. The molecule has 0 radical (unpaired) electrons. The van der Waals surface area contributed by atoms with E-state index in [1.54, 1.807) is 81.0 Å². The highest BCUT2D eigenvalue weighted by molar-refractivity contribution is 9.08. The molecule has 6 heterocycles. The number of alkyl halides is 1. The molecule has 1 amide bonds. The lowest BCUT2D eigenvalue weighted by molar-refractivity contribution is 0.00578. The molecule has 5 aromatic heterocycles. The van der Waals surface area contributed by atoms with Crippen LogP contribution in [-0.4, -0.2) is 69.8 Å². The summed E-state index contributed by atoms with van der Waals surface area (Å²) in [4.78, 5) is 57.0. The van der Waals surface area contributed by atoms with Gasteiger partial charge >= 0.3 is 13.1 Å². The lowest BCUT2D eigenvalue weighted by Gasteiger charge is -2.32. The highest BCUT2D eigenvalue weighted by Gasteiger charge is 2.51. The average Bonchev–Trinajstić information content (AvgIpc) is 1.64. The maximum Gasteiger partial charge on any atom is 0.496 e. The number of pyridine rings is 3. The van der Waals surface area contributed by atoms with E-state index in [2.05, 4.69) is 46.4 Å². The number of nitrogens with two attached hydrogens (primary N) is 2. The number of anilines is 3. The van der Waals surface area contributed by atoms with Crippen molar-refractivity contribution in [2.24, 2.45) is 7.05 Å². The van der Waals surface area contributed by atoms with Crippen LogP contribution in [0.3, 0.4) is 0 Å². The van der Waals surface area contributed by atoms with Crippen molar-refractivity contribution < 1.29 is 41.6 Å². The Kier molecular flexibility index (Phi) is 26.6. The molecule has 10 rings (SSSR count). The number of hydrogen-bond acceptors (Lipinski definition) is 17. The molecule has 1 fully saturated rings. The minimum absolute atomic E-state index is 0.108. The molecular weight excluding hydrogens is 1270 g/mol. The number of nitrogen functional groups attached to an aromatic ring is 2. The summed E-state index contributed by atoms with van der Waals surface area (Å²) in [6.45, 7) is 12.0. The van der Waals surface area contributed by atoms with Crippen LogP contribution in [0.25, 0.3) is 0 Å². The van der Waals surface area contributed by atoms with Crippen molar-refractivity contribution in [1.82, 2.24) is 34.5 Å². The Morgan fingerprint density at radius 3 is 1.47 bits per heavy atom. The smallest absolute Gasteiger partial charge is 0.476 e. The highest BCUT2D eigenvalue weighted by atomic mass is 79.9. The number of hydrogen-bond donors (Lipinski definition) is 4. The number of carbonyl (C=O) groups excluding carboxylic acids is 1. The number of nitrogens with zero attached hydrogens (tertiary/aromatic N) is 11. The molecule has 27 heteroatoms. The van der Waals surface area contributed by atoms with Crippen molar-refractivity contribution in [2.45, 2.75) is 77.5 Å². The number of rotatable bonds is 10. The summed E-state index contributed by atoms with van der Waals surface area (Å²) in [5.74, 6) is -1.93. The van der Waals surface area contributed by atoms with E-state index in [-0.39, 0.29) is 58.0 Å². The number of carboxylic acid groups (broad SMARTS) is 1. The third-order valence-electron chi connectivity index (χ3n) is 13.2. The highest BCUT2D eigenvalue weighted by Crippen LogP contribution is 2.36. The van der Waals surface area contributed by atoms with E-state index in [0.29, 0.717) is 64.4 Å². The van der Waals surface area contributed by atoms with Crippen molar-refractivity contribution >= 4 is 57.8 Å². The number of aromatic nitrogens is 7. The Labute approximate surface area is 541 Å². The van der Waals surface area contributed by atoms with Crippen molar-refractivity contribution in [2.75, 3.05) is 16.8 Å². The fourth-order valence-electron chi connectivity index (χ4n) is 7.97. The van der Waals surface area contributed by atoms with Gasteiger partial charge < -0.3 is 31.2 Å². The van der Waals surface area contributed by atoms with Crippen LogP contribution in [-0.2, 0) is 41.1 Å². The number of amides is 1. The van der Waals surface area contributed by atoms with Gasteiger partial charge in [-0.25, -0.2) is 46.7 Å². The number of aromatic carboxylic acids is 1. The summed E-state index contributed by atoms with van der Waals surface area (Å²) in [5, 5.41) is 53.6. The maximum absolute atomic E-state index is 13.5. The van der Waals surface area contributed by atoms with Gasteiger partial charge in [0, 0.05) is 55.1 Å². The molecule has 0 spiro atoms. The summed E-state index contributed by atoms with van der Waals surface area (Å²) in [6, 6.07) is 40.1. The van der Waals surface area contributed by atoms with E-state index in [9.17, 15) is 36.7 Å². The summed E-state index contributed by atoms with van der Waals surface area (Å²) in [5.41, 5.74) is 16.6. The monoisotopic (exact) mass is 1330 g/mol. The van der Waals surface area contributed by atoms with E-state index < -0.39 is 23.5 Å². The molecule has 1 aliphatic heterocycles. The van der Waals surface area contributed by atoms with Gasteiger partial charge in [0.1, 0.15) is 46.4 Å². The van der Waals surface area contributed by atoms with Crippen LogP contribution in [0.5, 0.6) is 0 Å². The molecule has 4 aromatic carbocycles. The maximum atomic E-state index is 13.5. The zero-order chi connectivity index (χ0) is 68.6. The molecule has 0 atom stereocenters. The first-order valence-corrected chi connectivity index (χ1v) is 28.9. The first kappa shape index (κ1) is 72.5. The summed E-state index contributed by atoms with van der Waals surface area (Å²) >= 11 is 3.18. The van der Waals surface area contributed by atoms with Crippen LogP contribution in [0, 0.1) is 75.5 Å². The molecule has 0 unspecified atom stereocenters. The Morgan fingerprint density at radius 2 is 1.04 bits per heavy atom. The van der Waals surface area contributed by atoms with Gasteiger partial charge in [0.25, 0.3) is 17.0 Å². The van der Waals surface area contributed by atoms with Gasteiger partial charge in [0.05, 0.1) is 57.7 Å². The average molecular weight is 1330 g/mol. The molecule has 1 aliphatic rings. The van der Waals surface area contributed by atoms with Gasteiger partial charge in [-0.3, -0.25) is 14.4 Å². The topological polar surface area (TPSA) is 341 Å². The van der Waals surface area contributed by atoms with Gasteiger partial charge in [-0.2, -0.15) is 31.2 Å². The van der Waals surface area contributed by atoms with Crippen LogP contribution >= 0.6 is 15.9 Å². The van der Waals surface area contributed by atoms with E-state index >= 15 is 0 Å². The van der Waals surface area contributed by atoms with Crippen molar-refractivity contribution in [3.05, 3.63) is 263 Å². The number of aryl methyl sites for hydroxylation is 3. The van der Waals surface area contributed by atoms with Gasteiger partial charge in [0.15, 0.2) is 5.69 Å². The Morgan fingerprint density at radius 1 is 0.591 bits per heavy atom. The lowest BCUT2D eigenvalue weighted by atomic mass is 9.80. The number of nitriles is 4.